The molecule has 1 N–H and O–H groups in total. The molecular formula is C13H23NOS. The Hall–Kier alpha value is -0.380. The molecule has 0 aromatic carbocycles. The van der Waals surface area contributed by atoms with E-state index in [1.807, 2.05) is 6.92 Å². The average molecular weight is 241 g/mol. The van der Waals surface area contributed by atoms with Crippen LogP contribution >= 0.6 is 11.3 Å². The zero-order valence-corrected chi connectivity index (χ0v) is 11.7. The molecule has 1 aromatic heterocycles. The van der Waals surface area contributed by atoms with Crippen LogP contribution in [0.2, 0.25) is 0 Å². The van der Waals surface area contributed by atoms with Gasteiger partial charge in [-0.2, -0.15) is 0 Å². The first kappa shape index (κ1) is 13.7. The minimum atomic E-state index is -0.625. The number of aliphatic hydroxyl groups is 1. The number of rotatable bonds is 5. The van der Waals surface area contributed by atoms with Crippen LogP contribution in [-0.4, -0.2) is 29.2 Å². The molecule has 0 bridgehead atoms. The van der Waals surface area contributed by atoms with Crippen molar-refractivity contribution in [1.29, 1.82) is 0 Å². The second-order valence-corrected chi connectivity index (χ2v) is 6.10. The Morgan fingerprint density at radius 1 is 1.44 bits per heavy atom. The van der Waals surface area contributed by atoms with Crippen molar-refractivity contribution in [2.75, 3.05) is 13.6 Å². The van der Waals surface area contributed by atoms with Gasteiger partial charge in [-0.1, -0.05) is 19.9 Å². The fourth-order valence-electron chi connectivity index (χ4n) is 1.57. The third-order valence-electron chi connectivity index (χ3n) is 3.43. The van der Waals surface area contributed by atoms with Crippen LogP contribution in [0, 0.1) is 5.92 Å². The minimum Gasteiger partial charge on any atom is -0.389 e. The van der Waals surface area contributed by atoms with E-state index in [0.29, 0.717) is 12.6 Å². The predicted molar refractivity (Wildman–Crippen MR) is 70.8 cm³/mol. The summed E-state index contributed by atoms with van der Waals surface area (Å²) >= 11 is 1.77. The van der Waals surface area contributed by atoms with Gasteiger partial charge < -0.3 is 5.11 Å². The molecule has 0 aliphatic carbocycles. The van der Waals surface area contributed by atoms with Gasteiger partial charge in [0.15, 0.2) is 0 Å². The summed E-state index contributed by atoms with van der Waals surface area (Å²) in [5, 5.41) is 12.4. The van der Waals surface area contributed by atoms with E-state index in [1.54, 1.807) is 11.3 Å². The van der Waals surface area contributed by atoms with Crippen molar-refractivity contribution in [2.24, 2.45) is 5.92 Å². The highest BCUT2D eigenvalue weighted by Gasteiger charge is 2.28. The second kappa shape index (κ2) is 5.30. The van der Waals surface area contributed by atoms with Crippen molar-refractivity contribution < 1.29 is 5.11 Å². The Kier molecular flexibility index (Phi) is 4.53. The minimum absolute atomic E-state index is 0.269. The van der Waals surface area contributed by atoms with Crippen molar-refractivity contribution in [1.82, 2.24) is 4.90 Å². The summed E-state index contributed by atoms with van der Waals surface area (Å²) in [6.07, 6.45) is 0. The first-order valence-electron chi connectivity index (χ1n) is 5.80. The molecule has 0 radical (unpaired) electrons. The Bertz CT molecular complexity index is 306. The Morgan fingerprint density at radius 3 is 2.50 bits per heavy atom. The predicted octanol–water partition coefficient (Wildman–Crippen LogP) is 3.15. The molecule has 1 rings (SSSR count). The molecular weight excluding hydrogens is 218 g/mol. The van der Waals surface area contributed by atoms with E-state index in [4.69, 9.17) is 0 Å². The number of nitrogens with zero attached hydrogens (tertiary/aromatic N) is 1. The molecule has 16 heavy (non-hydrogen) atoms. The van der Waals surface area contributed by atoms with Crippen molar-refractivity contribution in [3.8, 4) is 0 Å². The molecule has 0 fully saturated rings. The van der Waals surface area contributed by atoms with E-state index >= 15 is 0 Å². The molecule has 0 aliphatic heterocycles. The van der Waals surface area contributed by atoms with Crippen LogP contribution in [0.15, 0.2) is 17.5 Å². The van der Waals surface area contributed by atoms with E-state index in [-0.39, 0.29) is 5.92 Å². The number of hydrogen-bond donors (Lipinski definition) is 1. The fourth-order valence-corrected chi connectivity index (χ4v) is 2.42. The number of likely N-dealkylation sites (N-methyl/N-ethyl adjacent to an activating group) is 1. The largest absolute Gasteiger partial charge is 0.389 e. The Morgan fingerprint density at radius 2 is 2.06 bits per heavy atom. The van der Waals surface area contributed by atoms with Crippen molar-refractivity contribution in [3.05, 3.63) is 22.4 Å². The number of thiophene rings is 1. The summed E-state index contributed by atoms with van der Waals surface area (Å²) in [5.74, 6) is 0.269. The lowest BCUT2D eigenvalue weighted by Gasteiger charge is -2.35. The lowest BCUT2D eigenvalue weighted by Crippen LogP contribution is -2.43. The molecule has 2 unspecified atom stereocenters. The summed E-state index contributed by atoms with van der Waals surface area (Å²) in [6, 6.07) is 4.59. The van der Waals surface area contributed by atoms with Gasteiger partial charge in [0, 0.05) is 17.5 Å². The van der Waals surface area contributed by atoms with Crippen LogP contribution in [0.5, 0.6) is 0 Å². The van der Waals surface area contributed by atoms with E-state index in [0.717, 1.165) is 0 Å². The van der Waals surface area contributed by atoms with Crippen LogP contribution in [-0.2, 0) is 0 Å². The van der Waals surface area contributed by atoms with Crippen molar-refractivity contribution in [2.45, 2.75) is 39.3 Å². The molecule has 0 saturated carbocycles. The van der Waals surface area contributed by atoms with Gasteiger partial charge in [0.1, 0.15) is 0 Å². The van der Waals surface area contributed by atoms with Gasteiger partial charge >= 0.3 is 0 Å². The van der Waals surface area contributed by atoms with Crippen LogP contribution in [0.25, 0.3) is 0 Å². The van der Waals surface area contributed by atoms with Crippen LogP contribution in [0.1, 0.15) is 38.6 Å². The zero-order chi connectivity index (χ0) is 12.3. The SMILES string of the molecule is CC(c1cccs1)N(C)CC(C)(O)C(C)C. The summed E-state index contributed by atoms with van der Waals surface area (Å²) in [6.45, 7) is 8.91. The lowest BCUT2D eigenvalue weighted by molar-refractivity contribution is -0.0205. The third-order valence-corrected chi connectivity index (χ3v) is 4.47. The molecule has 3 heteroatoms. The monoisotopic (exact) mass is 241 g/mol. The van der Waals surface area contributed by atoms with Gasteiger partial charge in [-0.25, -0.2) is 0 Å². The summed E-state index contributed by atoms with van der Waals surface area (Å²) in [4.78, 5) is 3.56. The summed E-state index contributed by atoms with van der Waals surface area (Å²) in [5.41, 5.74) is -0.625. The Balaban J connectivity index is 2.62. The van der Waals surface area contributed by atoms with Crippen molar-refractivity contribution in [3.63, 3.8) is 0 Å². The Labute approximate surface area is 103 Å². The molecule has 1 aromatic rings. The molecule has 0 amide bonds. The quantitative estimate of drug-likeness (QED) is 0.856. The molecule has 92 valence electrons. The normalized spacial score (nSPS) is 17.8. The molecule has 2 atom stereocenters. The first-order valence-corrected chi connectivity index (χ1v) is 6.68. The highest BCUT2D eigenvalue weighted by molar-refractivity contribution is 7.10. The number of hydrogen-bond acceptors (Lipinski definition) is 3. The second-order valence-electron chi connectivity index (χ2n) is 5.12. The lowest BCUT2D eigenvalue weighted by atomic mass is 9.91. The van der Waals surface area contributed by atoms with Gasteiger partial charge in [-0.05, 0) is 38.3 Å². The maximum Gasteiger partial charge on any atom is 0.0768 e. The molecule has 0 saturated heterocycles. The maximum absolute atomic E-state index is 10.3. The highest BCUT2D eigenvalue weighted by atomic mass is 32.1. The van der Waals surface area contributed by atoms with Crippen LogP contribution < -0.4 is 0 Å². The van der Waals surface area contributed by atoms with Crippen LogP contribution in [0.4, 0.5) is 0 Å². The molecule has 1 heterocycles. The zero-order valence-electron chi connectivity index (χ0n) is 10.9. The van der Waals surface area contributed by atoms with Gasteiger partial charge in [-0.15, -0.1) is 11.3 Å². The van der Waals surface area contributed by atoms with Gasteiger partial charge in [-0.3, -0.25) is 4.90 Å². The van der Waals surface area contributed by atoms with Crippen molar-refractivity contribution >= 4 is 11.3 Å². The highest BCUT2D eigenvalue weighted by Crippen LogP contribution is 2.26. The fraction of sp³-hybridized carbons (Fsp3) is 0.692. The van der Waals surface area contributed by atoms with Gasteiger partial charge in [0.05, 0.1) is 5.60 Å². The van der Waals surface area contributed by atoms with E-state index < -0.39 is 5.60 Å². The smallest absolute Gasteiger partial charge is 0.0768 e. The van der Waals surface area contributed by atoms with Crippen LogP contribution in [0.3, 0.4) is 0 Å². The molecule has 2 nitrogen and oxygen atoms in total. The molecule has 0 aliphatic rings. The van der Waals surface area contributed by atoms with E-state index in [9.17, 15) is 5.11 Å². The third kappa shape index (κ3) is 3.30. The topological polar surface area (TPSA) is 23.5 Å². The first-order chi connectivity index (χ1) is 7.34. The van der Waals surface area contributed by atoms with Gasteiger partial charge in [0.25, 0.3) is 0 Å². The summed E-state index contributed by atoms with van der Waals surface area (Å²) < 4.78 is 0. The van der Waals surface area contributed by atoms with Gasteiger partial charge in [0.2, 0.25) is 0 Å². The standard InChI is InChI=1S/C13H23NOS/c1-10(2)13(4,15)9-14(5)11(3)12-7-6-8-16-12/h6-8,10-11,15H,9H2,1-5H3. The summed E-state index contributed by atoms with van der Waals surface area (Å²) in [7, 11) is 2.07. The molecule has 0 spiro atoms. The average Bonchev–Trinajstić information content (AvgIpc) is 2.68. The van der Waals surface area contributed by atoms with E-state index in [1.165, 1.54) is 4.88 Å². The van der Waals surface area contributed by atoms with E-state index in [2.05, 4.69) is 50.2 Å². The maximum atomic E-state index is 10.3.